The predicted octanol–water partition coefficient (Wildman–Crippen LogP) is 3.40. The third kappa shape index (κ3) is 2.10. The van der Waals surface area contributed by atoms with Gasteiger partial charge in [-0.3, -0.25) is 4.79 Å². The highest BCUT2D eigenvalue weighted by molar-refractivity contribution is 6.17. The van der Waals surface area contributed by atoms with Crippen LogP contribution in [-0.2, 0) is 6.54 Å². The van der Waals surface area contributed by atoms with E-state index in [2.05, 4.69) is 4.57 Å². The Morgan fingerprint density at radius 3 is 2.83 bits per heavy atom. The van der Waals surface area contributed by atoms with Gasteiger partial charge in [0.15, 0.2) is 6.29 Å². The maximum Gasteiger partial charge on any atom is 0.152 e. The third-order valence-electron chi connectivity index (χ3n) is 3.21. The normalized spacial score (nSPS) is 10.8. The molecule has 3 nitrogen and oxygen atoms in total. The number of alkyl halides is 1. The first-order valence-electron chi connectivity index (χ1n) is 5.91. The Bertz CT molecular complexity index is 575. The van der Waals surface area contributed by atoms with E-state index in [1.165, 1.54) is 0 Å². The molecule has 96 valence electrons. The van der Waals surface area contributed by atoms with Crippen molar-refractivity contribution in [1.82, 2.24) is 4.57 Å². The van der Waals surface area contributed by atoms with Crippen LogP contribution < -0.4 is 4.74 Å². The van der Waals surface area contributed by atoms with E-state index < -0.39 is 0 Å². The Morgan fingerprint density at radius 2 is 2.22 bits per heavy atom. The zero-order valence-electron chi connectivity index (χ0n) is 10.6. The van der Waals surface area contributed by atoms with Gasteiger partial charge in [-0.15, -0.1) is 11.6 Å². The second-order valence-electron chi connectivity index (χ2n) is 4.19. The standard InChI is InChI=1S/C14H16ClNO2/c1-10-13(9-17)12-8-11(18-2)4-5-14(12)16(10)7-3-6-15/h4-5,8-9H,3,6-7H2,1-2H3. The van der Waals surface area contributed by atoms with Crippen LogP contribution in [0.4, 0.5) is 0 Å². The summed E-state index contributed by atoms with van der Waals surface area (Å²) in [6, 6.07) is 5.80. The topological polar surface area (TPSA) is 31.2 Å². The fraction of sp³-hybridized carbons (Fsp3) is 0.357. The number of carbonyl (C=O) groups excluding carboxylic acids is 1. The van der Waals surface area contributed by atoms with Crippen molar-refractivity contribution in [3.63, 3.8) is 0 Å². The van der Waals surface area contributed by atoms with Crippen molar-refractivity contribution < 1.29 is 9.53 Å². The first-order chi connectivity index (χ1) is 8.72. The number of methoxy groups -OCH3 is 1. The summed E-state index contributed by atoms with van der Waals surface area (Å²) in [5.74, 6) is 1.38. The average Bonchev–Trinajstić information content (AvgIpc) is 2.66. The fourth-order valence-electron chi connectivity index (χ4n) is 2.27. The largest absolute Gasteiger partial charge is 0.497 e. The molecule has 0 aliphatic carbocycles. The van der Waals surface area contributed by atoms with Crippen LogP contribution in [-0.4, -0.2) is 23.8 Å². The lowest BCUT2D eigenvalue weighted by atomic mass is 10.1. The molecule has 0 unspecified atom stereocenters. The van der Waals surface area contributed by atoms with E-state index in [-0.39, 0.29) is 0 Å². The number of aromatic nitrogens is 1. The molecule has 0 spiro atoms. The first kappa shape index (κ1) is 13.0. The van der Waals surface area contributed by atoms with Gasteiger partial charge in [-0.05, 0) is 31.5 Å². The molecule has 1 aromatic heterocycles. The molecule has 0 N–H and O–H groups in total. The maximum atomic E-state index is 11.2. The molecule has 4 heteroatoms. The summed E-state index contributed by atoms with van der Waals surface area (Å²) < 4.78 is 7.35. The van der Waals surface area contributed by atoms with Crippen LogP contribution in [0.3, 0.4) is 0 Å². The van der Waals surface area contributed by atoms with Gasteiger partial charge in [-0.2, -0.15) is 0 Å². The lowest BCUT2D eigenvalue weighted by molar-refractivity contribution is 0.112. The van der Waals surface area contributed by atoms with Gasteiger partial charge in [-0.25, -0.2) is 0 Å². The Hall–Kier alpha value is -1.48. The number of rotatable bonds is 5. The molecule has 0 saturated heterocycles. The number of halogens is 1. The van der Waals surface area contributed by atoms with E-state index in [1.54, 1.807) is 7.11 Å². The van der Waals surface area contributed by atoms with E-state index in [0.717, 1.165) is 47.2 Å². The van der Waals surface area contributed by atoms with Crippen LogP contribution in [0.15, 0.2) is 18.2 Å². The summed E-state index contributed by atoms with van der Waals surface area (Å²) in [4.78, 5) is 11.2. The van der Waals surface area contributed by atoms with Gasteiger partial charge in [-0.1, -0.05) is 0 Å². The zero-order chi connectivity index (χ0) is 13.1. The van der Waals surface area contributed by atoms with Crippen LogP contribution in [0.1, 0.15) is 22.5 Å². The summed E-state index contributed by atoms with van der Waals surface area (Å²) in [6.45, 7) is 2.79. The molecular formula is C14H16ClNO2. The Labute approximate surface area is 111 Å². The number of carbonyl (C=O) groups is 1. The number of fused-ring (bicyclic) bond motifs is 1. The van der Waals surface area contributed by atoms with E-state index in [9.17, 15) is 4.79 Å². The Balaban J connectivity index is 2.63. The molecule has 0 saturated carbocycles. The second-order valence-corrected chi connectivity index (χ2v) is 4.57. The number of ether oxygens (including phenoxy) is 1. The number of aldehydes is 1. The minimum absolute atomic E-state index is 0.617. The van der Waals surface area contributed by atoms with E-state index in [1.807, 2.05) is 25.1 Å². The third-order valence-corrected chi connectivity index (χ3v) is 3.48. The Morgan fingerprint density at radius 1 is 1.44 bits per heavy atom. The molecule has 0 aliphatic rings. The lowest BCUT2D eigenvalue weighted by Crippen LogP contribution is -2.01. The molecule has 2 aromatic rings. The molecule has 0 aliphatic heterocycles. The van der Waals surface area contributed by atoms with Crippen LogP contribution in [0, 0.1) is 6.92 Å². The number of hydrogen-bond acceptors (Lipinski definition) is 2. The summed E-state index contributed by atoms with van der Waals surface area (Å²) >= 11 is 5.74. The first-order valence-corrected chi connectivity index (χ1v) is 6.44. The SMILES string of the molecule is COc1ccc2c(c1)c(C=O)c(C)n2CCCCl. The van der Waals surface area contributed by atoms with E-state index in [4.69, 9.17) is 16.3 Å². The van der Waals surface area contributed by atoms with Crippen molar-refractivity contribution in [2.75, 3.05) is 13.0 Å². The van der Waals surface area contributed by atoms with Crippen molar-refractivity contribution in [3.8, 4) is 5.75 Å². The fourth-order valence-corrected chi connectivity index (χ4v) is 2.39. The van der Waals surface area contributed by atoms with Crippen LogP contribution in [0.25, 0.3) is 10.9 Å². The van der Waals surface area contributed by atoms with E-state index in [0.29, 0.717) is 5.88 Å². The van der Waals surface area contributed by atoms with Gasteiger partial charge in [0.1, 0.15) is 5.75 Å². The van der Waals surface area contributed by atoms with Gasteiger partial charge in [0.25, 0.3) is 0 Å². The summed E-state index contributed by atoms with van der Waals surface area (Å²) in [5.41, 5.74) is 2.78. The monoisotopic (exact) mass is 265 g/mol. The summed E-state index contributed by atoms with van der Waals surface area (Å²) in [6.07, 6.45) is 1.80. The van der Waals surface area contributed by atoms with Crippen molar-refractivity contribution in [3.05, 3.63) is 29.5 Å². The van der Waals surface area contributed by atoms with Crippen LogP contribution in [0.2, 0.25) is 0 Å². The number of nitrogens with zero attached hydrogens (tertiary/aromatic N) is 1. The lowest BCUT2D eigenvalue weighted by Gasteiger charge is -2.07. The van der Waals surface area contributed by atoms with Crippen molar-refractivity contribution in [2.24, 2.45) is 0 Å². The molecule has 1 aromatic carbocycles. The highest BCUT2D eigenvalue weighted by Gasteiger charge is 2.13. The minimum Gasteiger partial charge on any atom is -0.497 e. The number of aryl methyl sites for hydroxylation is 1. The molecular weight excluding hydrogens is 250 g/mol. The molecule has 2 rings (SSSR count). The quantitative estimate of drug-likeness (QED) is 0.613. The molecule has 0 atom stereocenters. The zero-order valence-corrected chi connectivity index (χ0v) is 11.3. The smallest absolute Gasteiger partial charge is 0.152 e. The number of hydrogen-bond donors (Lipinski definition) is 0. The van der Waals surface area contributed by atoms with Gasteiger partial charge in [0, 0.05) is 34.6 Å². The Kier molecular flexibility index (Phi) is 3.92. The van der Waals surface area contributed by atoms with E-state index >= 15 is 0 Å². The second kappa shape index (κ2) is 5.44. The van der Waals surface area contributed by atoms with Crippen molar-refractivity contribution >= 4 is 28.8 Å². The molecule has 0 radical (unpaired) electrons. The van der Waals surface area contributed by atoms with Crippen molar-refractivity contribution in [2.45, 2.75) is 19.9 Å². The average molecular weight is 266 g/mol. The molecule has 0 amide bonds. The van der Waals surface area contributed by atoms with Gasteiger partial charge in [0.2, 0.25) is 0 Å². The maximum absolute atomic E-state index is 11.2. The van der Waals surface area contributed by atoms with Gasteiger partial charge >= 0.3 is 0 Å². The van der Waals surface area contributed by atoms with Crippen LogP contribution in [0.5, 0.6) is 5.75 Å². The highest BCUT2D eigenvalue weighted by Crippen LogP contribution is 2.28. The van der Waals surface area contributed by atoms with Crippen molar-refractivity contribution in [1.29, 1.82) is 0 Å². The molecule has 1 heterocycles. The molecule has 0 bridgehead atoms. The van der Waals surface area contributed by atoms with Gasteiger partial charge < -0.3 is 9.30 Å². The predicted molar refractivity (Wildman–Crippen MR) is 74.0 cm³/mol. The summed E-state index contributed by atoms with van der Waals surface area (Å²) in [5, 5.41) is 0.941. The van der Waals surface area contributed by atoms with Gasteiger partial charge in [0.05, 0.1) is 7.11 Å². The number of benzene rings is 1. The molecule has 0 fully saturated rings. The van der Waals surface area contributed by atoms with Crippen LogP contribution >= 0.6 is 11.6 Å². The summed E-state index contributed by atoms with van der Waals surface area (Å²) in [7, 11) is 1.62. The minimum atomic E-state index is 0.617. The molecule has 18 heavy (non-hydrogen) atoms. The highest BCUT2D eigenvalue weighted by atomic mass is 35.5.